The van der Waals surface area contributed by atoms with Crippen molar-refractivity contribution in [1.29, 1.82) is 0 Å². The first-order valence-electron chi connectivity index (χ1n) is 9.51. The number of ether oxygens (including phenoxy) is 2. The summed E-state index contributed by atoms with van der Waals surface area (Å²) in [4.78, 5) is 12.5. The fourth-order valence-corrected chi connectivity index (χ4v) is 2.66. The summed E-state index contributed by atoms with van der Waals surface area (Å²) in [6, 6.07) is 13.1. The molecule has 0 radical (unpaired) electrons. The third-order valence-corrected chi connectivity index (χ3v) is 4.16. The van der Waals surface area contributed by atoms with Crippen molar-refractivity contribution in [3.8, 4) is 11.5 Å². The second-order valence-corrected chi connectivity index (χ2v) is 6.66. The third kappa shape index (κ3) is 5.91. The van der Waals surface area contributed by atoms with Gasteiger partial charge in [0.2, 0.25) is 5.91 Å². The second kappa shape index (κ2) is 9.86. The highest BCUT2D eigenvalue weighted by Crippen LogP contribution is 2.31. The number of carbonyl (C=O) groups is 1. The predicted molar refractivity (Wildman–Crippen MR) is 111 cm³/mol. The number of hydrogen-bond acceptors (Lipinski definition) is 4. The van der Waals surface area contributed by atoms with Crippen LogP contribution in [0.5, 0.6) is 11.5 Å². The zero-order valence-electron chi connectivity index (χ0n) is 16.8. The van der Waals surface area contributed by atoms with E-state index in [1.54, 1.807) is 0 Å². The van der Waals surface area contributed by atoms with Gasteiger partial charge in [-0.25, -0.2) is 0 Å². The van der Waals surface area contributed by atoms with Gasteiger partial charge < -0.3 is 20.1 Å². The number of benzene rings is 2. The number of rotatable bonds is 9. The van der Waals surface area contributed by atoms with Crippen molar-refractivity contribution in [3.63, 3.8) is 0 Å². The van der Waals surface area contributed by atoms with Crippen molar-refractivity contribution >= 4 is 17.3 Å². The average molecular weight is 370 g/mol. The Morgan fingerprint density at radius 1 is 0.889 bits per heavy atom. The molecule has 27 heavy (non-hydrogen) atoms. The zero-order valence-corrected chi connectivity index (χ0v) is 16.8. The minimum absolute atomic E-state index is 0.0980. The molecule has 0 bridgehead atoms. The van der Waals surface area contributed by atoms with Gasteiger partial charge in [0.25, 0.3) is 0 Å². The van der Waals surface area contributed by atoms with Gasteiger partial charge in [-0.1, -0.05) is 26.0 Å². The smallest absolute Gasteiger partial charge is 0.246 e. The van der Waals surface area contributed by atoms with E-state index < -0.39 is 6.04 Å². The molecule has 5 heteroatoms. The normalized spacial score (nSPS) is 11.8. The van der Waals surface area contributed by atoms with Crippen LogP contribution in [0.4, 0.5) is 11.4 Å². The molecule has 0 aromatic heterocycles. The minimum Gasteiger partial charge on any atom is -0.490 e. The monoisotopic (exact) mass is 370 g/mol. The van der Waals surface area contributed by atoms with Gasteiger partial charge in [0.15, 0.2) is 11.5 Å². The number of anilines is 2. The van der Waals surface area contributed by atoms with Crippen LogP contribution in [0.1, 0.15) is 46.1 Å². The van der Waals surface area contributed by atoms with E-state index in [9.17, 15) is 4.79 Å². The first-order valence-corrected chi connectivity index (χ1v) is 9.51. The maximum Gasteiger partial charge on any atom is 0.246 e. The van der Waals surface area contributed by atoms with Crippen molar-refractivity contribution in [2.75, 3.05) is 23.8 Å². The summed E-state index contributed by atoms with van der Waals surface area (Å²) in [5.74, 6) is 1.74. The largest absolute Gasteiger partial charge is 0.490 e. The molecular weight excluding hydrogens is 340 g/mol. The molecule has 2 N–H and O–H groups in total. The molecule has 2 aromatic rings. The van der Waals surface area contributed by atoms with Crippen molar-refractivity contribution < 1.29 is 14.3 Å². The van der Waals surface area contributed by atoms with Crippen LogP contribution in [-0.4, -0.2) is 25.2 Å². The first kappa shape index (κ1) is 20.6. The number of carbonyl (C=O) groups excluding carboxylic acids is 1. The molecule has 1 amide bonds. The second-order valence-electron chi connectivity index (χ2n) is 6.66. The summed E-state index contributed by atoms with van der Waals surface area (Å²) in [5, 5.41) is 6.15. The van der Waals surface area contributed by atoms with E-state index >= 15 is 0 Å². The molecular formula is C22H30N2O3. The summed E-state index contributed by atoms with van der Waals surface area (Å²) < 4.78 is 11.2. The van der Waals surface area contributed by atoms with Crippen LogP contribution in [0.2, 0.25) is 0 Å². The first-order chi connectivity index (χ1) is 12.9. The van der Waals surface area contributed by atoms with Gasteiger partial charge in [-0.15, -0.1) is 0 Å². The topological polar surface area (TPSA) is 59.6 Å². The van der Waals surface area contributed by atoms with Crippen LogP contribution in [-0.2, 0) is 4.79 Å². The van der Waals surface area contributed by atoms with Crippen molar-refractivity contribution in [1.82, 2.24) is 0 Å². The lowest BCUT2D eigenvalue weighted by molar-refractivity contribution is -0.116. The van der Waals surface area contributed by atoms with Gasteiger partial charge in [0.05, 0.1) is 13.2 Å². The molecule has 0 saturated heterocycles. The number of hydrogen-bond donors (Lipinski definition) is 2. The lowest BCUT2D eigenvalue weighted by atomic mass is 10.0. The Balaban J connectivity index is 2.01. The molecule has 2 rings (SSSR count). The fraction of sp³-hybridized carbons (Fsp3) is 0.409. The van der Waals surface area contributed by atoms with Crippen molar-refractivity contribution in [2.45, 2.75) is 46.6 Å². The molecule has 2 aromatic carbocycles. The molecule has 0 heterocycles. The maximum absolute atomic E-state index is 12.5. The van der Waals surface area contributed by atoms with Crippen LogP contribution in [0.3, 0.4) is 0 Å². The highest BCUT2D eigenvalue weighted by Gasteiger charge is 2.14. The molecule has 0 aliphatic carbocycles. The van der Waals surface area contributed by atoms with E-state index in [0.29, 0.717) is 30.6 Å². The van der Waals surface area contributed by atoms with Gasteiger partial charge in [0.1, 0.15) is 6.04 Å². The van der Waals surface area contributed by atoms with Crippen molar-refractivity contribution in [3.05, 3.63) is 48.0 Å². The molecule has 1 atom stereocenters. The van der Waals surface area contributed by atoms with Gasteiger partial charge in [-0.3, -0.25) is 4.79 Å². The molecule has 0 unspecified atom stereocenters. The highest BCUT2D eigenvalue weighted by atomic mass is 16.5. The van der Waals surface area contributed by atoms with Crippen LogP contribution in [0, 0.1) is 0 Å². The zero-order chi connectivity index (χ0) is 19.8. The Morgan fingerprint density at radius 3 is 2.07 bits per heavy atom. The maximum atomic E-state index is 12.5. The van der Waals surface area contributed by atoms with Crippen molar-refractivity contribution in [2.24, 2.45) is 0 Å². The van der Waals surface area contributed by atoms with E-state index in [0.717, 1.165) is 11.4 Å². The lowest BCUT2D eigenvalue weighted by Gasteiger charge is -2.18. The van der Waals surface area contributed by atoms with Gasteiger partial charge in [0, 0.05) is 17.4 Å². The molecule has 146 valence electrons. The SMILES string of the molecule is CCOc1ccc(N[C@@H](C)C(=O)Nc2ccc(C(C)C)cc2)cc1OCC. The molecule has 0 fully saturated rings. The van der Waals surface area contributed by atoms with E-state index in [1.807, 2.05) is 63.2 Å². The summed E-state index contributed by atoms with van der Waals surface area (Å²) in [7, 11) is 0. The van der Waals surface area contributed by atoms with E-state index in [4.69, 9.17) is 9.47 Å². The molecule has 0 aliphatic rings. The average Bonchev–Trinajstić information content (AvgIpc) is 2.64. The number of amides is 1. The van der Waals surface area contributed by atoms with E-state index in [1.165, 1.54) is 5.56 Å². The van der Waals surface area contributed by atoms with Gasteiger partial charge in [-0.05, 0) is 56.5 Å². The fourth-order valence-electron chi connectivity index (χ4n) is 2.66. The van der Waals surface area contributed by atoms with Crippen LogP contribution >= 0.6 is 0 Å². The van der Waals surface area contributed by atoms with Gasteiger partial charge in [-0.2, -0.15) is 0 Å². The van der Waals surface area contributed by atoms with Gasteiger partial charge >= 0.3 is 0 Å². The minimum atomic E-state index is -0.401. The molecule has 5 nitrogen and oxygen atoms in total. The molecule has 0 saturated carbocycles. The summed E-state index contributed by atoms with van der Waals surface area (Å²) in [6.07, 6.45) is 0. The predicted octanol–water partition coefficient (Wildman–Crippen LogP) is 5.05. The Bertz CT molecular complexity index is 742. The summed E-state index contributed by atoms with van der Waals surface area (Å²) in [6.45, 7) is 11.1. The number of nitrogens with one attached hydrogen (secondary N) is 2. The Morgan fingerprint density at radius 2 is 1.48 bits per heavy atom. The molecule has 0 spiro atoms. The third-order valence-electron chi connectivity index (χ3n) is 4.16. The van der Waals surface area contributed by atoms with E-state index in [2.05, 4.69) is 24.5 Å². The Kier molecular flexibility index (Phi) is 7.53. The highest BCUT2D eigenvalue weighted by molar-refractivity contribution is 5.96. The van der Waals surface area contributed by atoms with Crippen LogP contribution < -0.4 is 20.1 Å². The molecule has 0 aliphatic heterocycles. The summed E-state index contributed by atoms with van der Waals surface area (Å²) in [5.41, 5.74) is 2.84. The van der Waals surface area contributed by atoms with E-state index in [-0.39, 0.29) is 5.91 Å². The lowest BCUT2D eigenvalue weighted by Crippen LogP contribution is -2.31. The Labute approximate surface area is 162 Å². The van der Waals surface area contributed by atoms with Crippen LogP contribution in [0.25, 0.3) is 0 Å². The Hall–Kier alpha value is -2.69. The summed E-state index contributed by atoms with van der Waals surface area (Å²) >= 11 is 0. The standard InChI is InChI=1S/C22H30N2O3/c1-6-26-20-13-12-19(14-21(20)27-7-2)23-16(5)22(25)24-18-10-8-17(9-11-18)15(3)4/h8-16,23H,6-7H2,1-5H3,(H,24,25)/t16-/m0/s1. The van der Waals surface area contributed by atoms with Crippen LogP contribution in [0.15, 0.2) is 42.5 Å². The quantitative estimate of drug-likeness (QED) is 0.649.